The fourth-order valence-corrected chi connectivity index (χ4v) is 2.74. The van der Waals surface area contributed by atoms with E-state index in [-0.39, 0.29) is 18.3 Å². The van der Waals surface area contributed by atoms with Crippen molar-refractivity contribution in [2.24, 2.45) is 5.92 Å². The molecule has 0 aliphatic carbocycles. The van der Waals surface area contributed by atoms with Gasteiger partial charge in [0, 0.05) is 19.1 Å². The molecule has 0 aromatic carbocycles. The minimum atomic E-state index is -0.698. The zero-order valence-corrected chi connectivity index (χ0v) is 12.5. The molecular formula is C14H27NO3. The molecule has 0 spiro atoms. The van der Waals surface area contributed by atoms with Crippen LogP contribution in [0.25, 0.3) is 0 Å². The molecule has 1 aliphatic rings. The van der Waals surface area contributed by atoms with Crippen LogP contribution in [0, 0.1) is 5.92 Å². The van der Waals surface area contributed by atoms with Gasteiger partial charge in [-0.15, -0.1) is 0 Å². The minimum Gasteiger partial charge on any atom is -0.395 e. The molecule has 4 nitrogen and oxygen atoms in total. The number of hydrogen-bond donors (Lipinski definition) is 1. The summed E-state index contributed by atoms with van der Waals surface area (Å²) in [6.45, 7) is 13.1. The second-order valence-corrected chi connectivity index (χ2v) is 6.44. The highest BCUT2D eigenvalue weighted by Crippen LogP contribution is 2.39. The fourth-order valence-electron chi connectivity index (χ4n) is 2.74. The molecule has 0 aromatic heterocycles. The highest BCUT2D eigenvalue weighted by atomic mass is 16.5. The molecule has 0 bridgehead atoms. The summed E-state index contributed by atoms with van der Waals surface area (Å²) in [5.41, 5.74) is -1.14. The van der Waals surface area contributed by atoms with Crippen molar-refractivity contribution in [2.45, 2.75) is 58.8 Å². The van der Waals surface area contributed by atoms with Crippen molar-refractivity contribution in [1.82, 2.24) is 4.90 Å². The average molecular weight is 257 g/mol. The summed E-state index contributed by atoms with van der Waals surface area (Å²) in [6, 6.07) is 0.310. The molecule has 0 aromatic rings. The number of ether oxygens (including phenoxy) is 1. The first-order valence-electron chi connectivity index (χ1n) is 6.71. The maximum Gasteiger partial charge on any atom is 0.171 e. The Bertz CT molecular complexity index is 310. The predicted octanol–water partition coefficient (Wildman–Crippen LogP) is 1.46. The molecule has 0 saturated carbocycles. The Kier molecular flexibility index (Phi) is 4.57. The highest BCUT2D eigenvalue weighted by molar-refractivity contribution is 5.91. The van der Waals surface area contributed by atoms with Gasteiger partial charge in [0.15, 0.2) is 5.78 Å². The number of carbonyl (C=O) groups is 1. The molecule has 1 rings (SSSR count). The molecule has 18 heavy (non-hydrogen) atoms. The second kappa shape index (κ2) is 5.27. The van der Waals surface area contributed by atoms with Crippen molar-refractivity contribution >= 4 is 5.78 Å². The molecular weight excluding hydrogens is 230 g/mol. The van der Waals surface area contributed by atoms with Crippen LogP contribution in [0.4, 0.5) is 0 Å². The molecule has 1 unspecified atom stereocenters. The first kappa shape index (κ1) is 15.6. The largest absolute Gasteiger partial charge is 0.395 e. The van der Waals surface area contributed by atoms with Crippen LogP contribution in [-0.4, -0.2) is 52.7 Å². The first-order chi connectivity index (χ1) is 8.12. The van der Waals surface area contributed by atoms with Crippen molar-refractivity contribution in [3.05, 3.63) is 0 Å². The van der Waals surface area contributed by atoms with Gasteiger partial charge in [0.2, 0.25) is 0 Å². The molecule has 0 radical (unpaired) electrons. The number of carbonyl (C=O) groups excluding carboxylic acids is 1. The third kappa shape index (κ3) is 3.11. The van der Waals surface area contributed by atoms with Gasteiger partial charge < -0.3 is 9.84 Å². The van der Waals surface area contributed by atoms with E-state index in [4.69, 9.17) is 9.84 Å². The van der Waals surface area contributed by atoms with Crippen LogP contribution in [0.2, 0.25) is 0 Å². The maximum absolute atomic E-state index is 12.4. The van der Waals surface area contributed by atoms with Gasteiger partial charge in [-0.25, -0.2) is 0 Å². The Balaban J connectivity index is 2.84. The molecule has 106 valence electrons. The van der Waals surface area contributed by atoms with Crippen LogP contribution in [0.15, 0.2) is 0 Å². The van der Waals surface area contributed by atoms with E-state index >= 15 is 0 Å². The summed E-state index contributed by atoms with van der Waals surface area (Å²) in [5.74, 6) is 0.0255. The molecule has 4 heteroatoms. The van der Waals surface area contributed by atoms with Crippen molar-refractivity contribution in [3.8, 4) is 0 Å². The van der Waals surface area contributed by atoms with E-state index in [9.17, 15) is 4.79 Å². The van der Waals surface area contributed by atoms with Gasteiger partial charge in [0.05, 0.1) is 18.1 Å². The summed E-state index contributed by atoms with van der Waals surface area (Å²) in [5, 5.41) is 9.10. The lowest BCUT2D eigenvalue weighted by atomic mass is 9.85. The van der Waals surface area contributed by atoms with Gasteiger partial charge in [-0.05, 0) is 41.5 Å². The predicted molar refractivity (Wildman–Crippen MR) is 71.5 cm³/mol. The first-order valence-corrected chi connectivity index (χ1v) is 6.71. The Morgan fingerprint density at radius 3 is 2.22 bits per heavy atom. The van der Waals surface area contributed by atoms with Crippen molar-refractivity contribution in [2.75, 3.05) is 19.7 Å². The lowest BCUT2D eigenvalue weighted by molar-refractivity contribution is -0.132. The van der Waals surface area contributed by atoms with Crippen molar-refractivity contribution in [3.63, 3.8) is 0 Å². The highest BCUT2D eigenvalue weighted by Gasteiger charge is 2.53. The fraction of sp³-hybridized carbons (Fsp3) is 0.929. The molecule has 1 atom stereocenters. The standard InChI is InChI=1S/C14H27NO3/c1-10(2)15(7-8-16)9-11-12(17)14(5,6)18-13(11,3)4/h10-11,16H,7-9H2,1-6H3. The van der Waals surface area contributed by atoms with E-state index in [1.165, 1.54) is 0 Å². The zero-order valence-electron chi connectivity index (χ0n) is 12.5. The monoisotopic (exact) mass is 257 g/mol. The van der Waals surface area contributed by atoms with Crippen LogP contribution < -0.4 is 0 Å². The van der Waals surface area contributed by atoms with E-state index in [1.54, 1.807) is 0 Å². The van der Waals surface area contributed by atoms with Crippen LogP contribution in [0.5, 0.6) is 0 Å². The molecule has 1 fully saturated rings. The van der Waals surface area contributed by atoms with Gasteiger partial charge in [0.25, 0.3) is 0 Å². The van der Waals surface area contributed by atoms with Gasteiger partial charge in [-0.3, -0.25) is 9.69 Å². The van der Waals surface area contributed by atoms with Gasteiger partial charge in [0.1, 0.15) is 5.60 Å². The number of Topliss-reactive ketones (excluding diaryl/α,β-unsaturated/α-hetero) is 1. The number of nitrogens with zero attached hydrogens (tertiary/aromatic N) is 1. The van der Waals surface area contributed by atoms with E-state index in [0.717, 1.165) is 0 Å². The lowest BCUT2D eigenvalue weighted by Gasteiger charge is -2.32. The smallest absolute Gasteiger partial charge is 0.171 e. The topological polar surface area (TPSA) is 49.8 Å². The third-order valence-electron chi connectivity index (χ3n) is 3.80. The third-order valence-corrected chi connectivity index (χ3v) is 3.80. The Labute approximate surface area is 110 Å². The van der Waals surface area contributed by atoms with Crippen LogP contribution in [0.1, 0.15) is 41.5 Å². The van der Waals surface area contributed by atoms with E-state index < -0.39 is 11.2 Å². The van der Waals surface area contributed by atoms with Crippen LogP contribution in [0.3, 0.4) is 0 Å². The maximum atomic E-state index is 12.4. The second-order valence-electron chi connectivity index (χ2n) is 6.44. The van der Waals surface area contributed by atoms with Crippen molar-refractivity contribution in [1.29, 1.82) is 0 Å². The Morgan fingerprint density at radius 1 is 1.33 bits per heavy atom. The molecule has 1 aliphatic heterocycles. The zero-order chi connectivity index (χ0) is 14.1. The molecule has 1 N–H and O–H groups in total. The van der Waals surface area contributed by atoms with E-state index in [1.807, 2.05) is 27.7 Å². The SMILES string of the molecule is CC(C)N(CCO)CC1C(=O)C(C)(C)OC1(C)C. The van der Waals surface area contributed by atoms with Gasteiger partial charge in [-0.1, -0.05) is 0 Å². The number of aliphatic hydroxyl groups is 1. The summed E-state index contributed by atoms with van der Waals surface area (Å²) in [4.78, 5) is 14.5. The number of hydrogen-bond acceptors (Lipinski definition) is 4. The number of aliphatic hydroxyl groups excluding tert-OH is 1. The summed E-state index contributed by atoms with van der Waals surface area (Å²) in [7, 11) is 0. The Morgan fingerprint density at radius 2 is 1.89 bits per heavy atom. The average Bonchev–Trinajstić information content (AvgIpc) is 2.34. The summed E-state index contributed by atoms with van der Waals surface area (Å²) < 4.78 is 5.88. The van der Waals surface area contributed by atoms with E-state index in [2.05, 4.69) is 18.7 Å². The van der Waals surface area contributed by atoms with E-state index in [0.29, 0.717) is 19.1 Å². The van der Waals surface area contributed by atoms with Crippen molar-refractivity contribution < 1.29 is 14.6 Å². The molecule has 0 amide bonds. The number of rotatable bonds is 5. The quantitative estimate of drug-likeness (QED) is 0.810. The van der Waals surface area contributed by atoms with Gasteiger partial charge >= 0.3 is 0 Å². The summed E-state index contributed by atoms with van der Waals surface area (Å²) in [6.07, 6.45) is 0. The lowest BCUT2D eigenvalue weighted by Crippen LogP contribution is -2.44. The number of ketones is 1. The van der Waals surface area contributed by atoms with Crippen LogP contribution >= 0.6 is 0 Å². The normalized spacial score (nSPS) is 26.3. The molecule has 1 heterocycles. The minimum absolute atomic E-state index is 0.115. The Hall–Kier alpha value is -0.450. The molecule has 1 saturated heterocycles. The van der Waals surface area contributed by atoms with Gasteiger partial charge in [-0.2, -0.15) is 0 Å². The summed E-state index contributed by atoms with van der Waals surface area (Å²) >= 11 is 0. The van der Waals surface area contributed by atoms with Crippen LogP contribution in [-0.2, 0) is 9.53 Å².